The molecule has 29 heavy (non-hydrogen) atoms. The third-order valence-electron chi connectivity index (χ3n) is 4.70. The molecule has 2 rings (SSSR count). The van der Waals surface area contributed by atoms with Crippen molar-refractivity contribution in [2.24, 2.45) is 5.41 Å². The van der Waals surface area contributed by atoms with Crippen molar-refractivity contribution in [3.63, 3.8) is 0 Å². The molecular formula is C26H32Cl2O. The highest BCUT2D eigenvalue weighted by molar-refractivity contribution is 6.36. The molecule has 0 saturated carbocycles. The van der Waals surface area contributed by atoms with Crippen molar-refractivity contribution >= 4 is 40.1 Å². The van der Waals surface area contributed by atoms with E-state index < -0.39 is 0 Å². The largest absolute Gasteiger partial charge is 0.295 e. The highest BCUT2D eigenvalue weighted by Gasteiger charge is 2.21. The highest BCUT2D eigenvalue weighted by atomic mass is 35.5. The third kappa shape index (κ3) is 6.32. The Hall–Kier alpha value is -1.83. The number of carbonyl (C=O) groups excluding carboxylic acids is 1. The molecule has 2 aromatic carbocycles. The molecule has 0 amide bonds. The summed E-state index contributed by atoms with van der Waals surface area (Å²) >= 11 is 12.7. The molecule has 0 aliphatic carbocycles. The molecule has 0 saturated heterocycles. The molecule has 3 heteroatoms. The lowest BCUT2D eigenvalue weighted by Gasteiger charge is -2.25. The Balaban J connectivity index is 0.00000204. The Labute approximate surface area is 186 Å². The van der Waals surface area contributed by atoms with Crippen LogP contribution in [0.25, 0.3) is 11.1 Å². The number of benzene rings is 2. The van der Waals surface area contributed by atoms with Crippen LogP contribution in [-0.4, -0.2) is 5.78 Å². The molecule has 0 fully saturated rings. The van der Waals surface area contributed by atoms with Crippen LogP contribution in [0.1, 0.15) is 74.2 Å². The second-order valence-corrected chi connectivity index (χ2v) is 8.80. The van der Waals surface area contributed by atoms with Crippen LogP contribution in [0.4, 0.5) is 0 Å². The standard InChI is InChI=1S/C24H26Cl2O.C2H6/c1-14(18-8-9-20(17(4)27)15(2)10-18)11-21(24(5,6)7)19-12-22(25)16(3)23(26)13-19;1-2/h8-13H,1H2,2-7H3;1-2H3/b21-11-;. The predicted octanol–water partition coefficient (Wildman–Crippen LogP) is 8.98. The minimum absolute atomic E-state index is 0.0690. The van der Waals surface area contributed by atoms with Gasteiger partial charge < -0.3 is 0 Å². The zero-order valence-corrected chi connectivity index (χ0v) is 20.3. The Kier molecular flexibility index (Phi) is 8.93. The molecule has 0 aliphatic heterocycles. The molecule has 0 atom stereocenters. The summed E-state index contributed by atoms with van der Waals surface area (Å²) in [5.41, 5.74) is 6.40. The Morgan fingerprint density at radius 1 is 0.966 bits per heavy atom. The average molecular weight is 431 g/mol. The molecule has 0 unspecified atom stereocenters. The van der Waals surface area contributed by atoms with E-state index in [2.05, 4.69) is 33.4 Å². The normalized spacial score (nSPS) is 11.6. The number of halogens is 2. The van der Waals surface area contributed by atoms with Crippen LogP contribution in [0.2, 0.25) is 10.0 Å². The molecule has 0 radical (unpaired) electrons. The minimum atomic E-state index is -0.126. The van der Waals surface area contributed by atoms with Gasteiger partial charge in [-0.1, -0.05) is 88.7 Å². The number of aryl methyl sites for hydroxylation is 1. The molecule has 156 valence electrons. The van der Waals surface area contributed by atoms with Gasteiger partial charge >= 0.3 is 0 Å². The number of allylic oxidation sites excluding steroid dienone is 3. The van der Waals surface area contributed by atoms with E-state index in [1.54, 1.807) is 6.92 Å². The van der Waals surface area contributed by atoms with Crippen LogP contribution in [-0.2, 0) is 0 Å². The van der Waals surface area contributed by atoms with Crippen molar-refractivity contribution in [1.29, 1.82) is 0 Å². The molecule has 0 bridgehead atoms. The summed E-state index contributed by atoms with van der Waals surface area (Å²) < 4.78 is 0. The second-order valence-electron chi connectivity index (χ2n) is 7.98. The van der Waals surface area contributed by atoms with Gasteiger partial charge in [-0.15, -0.1) is 0 Å². The first-order valence-corrected chi connectivity index (χ1v) is 10.7. The molecular weight excluding hydrogens is 399 g/mol. The van der Waals surface area contributed by atoms with Crippen LogP contribution in [0.15, 0.2) is 43.0 Å². The Morgan fingerprint density at radius 3 is 1.90 bits per heavy atom. The van der Waals surface area contributed by atoms with Crippen LogP contribution in [0.3, 0.4) is 0 Å². The summed E-state index contributed by atoms with van der Waals surface area (Å²) in [7, 11) is 0. The van der Waals surface area contributed by atoms with E-state index in [-0.39, 0.29) is 11.2 Å². The first kappa shape index (κ1) is 25.2. The zero-order valence-electron chi connectivity index (χ0n) is 18.8. The fraction of sp³-hybridized carbons (Fsp3) is 0.346. The molecule has 2 aromatic rings. The van der Waals surface area contributed by atoms with Crippen molar-refractivity contribution in [2.45, 2.75) is 55.4 Å². The van der Waals surface area contributed by atoms with Crippen LogP contribution < -0.4 is 0 Å². The number of Topliss-reactive ketones (excluding diaryl/α,β-unsaturated/α-hetero) is 1. The molecule has 0 N–H and O–H groups in total. The topological polar surface area (TPSA) is 17.1 Å². The lowest BCUT2D eigenvalue weighted by molar-refractivity contribution is 0.101. The van der Waals surface area contributed by atoms with E-state index in [9.17, 15) is 4.79 Å². The van der Waals surface area contributed by atoms with E-state index in [1.165, 1.54) is 0 Å². The van der Waals surface area contributed by atoms with Gasteiger partial charge in [0.2, 0.25) is 0 Å². The van der Waals surface area contributed by atoms with Gasteiger partial charge in [-0.2, -0.15) is 0 Å². The van der Waals surface area contributed by atoms with Crippen LogP contribution in [0, 0.1) is 19.3 Å². The van der Waals surface area contributed by atoms with Gasteiger partial charge in [0.15, 0.2) is 5.78 Å². The van der Waals surface area contributed by atoms with Gasteiger partial charge in [-0.05, 0) is 71.7 Å². The van der Waals surface area contributed by atoms with E-state index in [4.69, 9.17) is 23.2 Å². The first-order valence-electron chi connectivity index (χ1n) is 9.91. The van der Waals surface area contributed by atoms with E-state index in [0.29, 0.717) is 10.0 Å². The molecule has 0 aromatic heterocycles. The zero-order chi connectivity index (χ0) is 22.5. The SMILES string of the molecule is C=C(/C=C(/c1cc(Cl)c(C)c(Cl)c1)C(C)(C)C)c1ccc(C(C)=O)c(C)c1.CC. The fourth-order valence-electron chi connectivity index (χ4n) is 3.05. The van der Waals surface area contributed by atoms with Crippen molar-refractivity contribution in [3.8, 4) is 0 Å². The number of rotatable bonds is 4. The smallest absolute Gasteiger partial charge is 0.160 e. The summed E-state index contributed by atoms with van der Waals surface area (Å²) in [5, 5.41) is 1.31. The average Bonchev–Trinajstić information content (AvgIpc) is 2.63. The summed E-state index contributed by atoms with van der Waals surface area (Å²) in [6.45, 7) is 20.1. The Morgan fingerprint density at radius 2 is 1.48 bits per heavy atom. The third-order valence-corrected chi connectivity index (χ3v) is 5.48. The molecule has 0 spiro atoms. The fourth-order valence-corrected chi connectivity index (χ4v) is 3.54. The Bertz CT molecular complexity index is 921. The van der Waals surface area contributed by atoms with E-state index in [0.717, 1.165) is 39.0 Å². The van der Waals surface area contributed by atoms with E-state index in [1.807, 2.05) is 58.0 Å². The molecule has 1 nitrogen and oxygen atoms in total. The highest BCUT2D eigenvalue weighted by Crippen LogP contribution is 2.39. The predicted molar refractivity (Wildman–Crippen MR) is 130 cm³/mol. The number of hydrogen-bond donors (Lipinski definition) is 0. The molecule has 0 heterocycles. The maximum absolute atomic E-state index is 11.7. The maximum atomic E-state index is 11.7. The van der Waals surface area contributed by atoms with Gasteiger partial charge in [0.1, 0.15) is 0 Å². The van der Waals surface area contributed by atoms with Crippen molar-refractivity contribution in [2.75, 3.05) is 0 Å². The minimum Gasteiger partial charge on any atom is -0.295 e. The molecule has 0 aliphatic rings. The maximum Gasteiger partial charge on any atom is 0.160 e. The quantitative estimate of drug-likeness (QED) is 0.349. The second kappa shape index (κ2) is 10.3. The summed E-state index contributed by atoms with van der Waals surface area (Å²) in [6, 6.07) is 9.72. The van der Waals surface area contributed by atoms with Crippen LogP contribution >= 0.6 is 23.2 Å². The monoisotopic (exact) mass is 430 g/mol. The lowest BCUT2D eigenvalue weighted by atomic mass is 9.80. The van der Waals surface area contributed by atoms with Gasteiger partial charge in [0.05, 0.1) is 0 Å². The van der Waals surface area contributed by atoms with Crippen LogP contribution in [0.5, 0.6) is 0 Å². The van der Waals surface area contributed by atoms with E-state index >= 15 is 0 Å². The van der Waals surface area contributed by atoms with Crippen molar-refractivity contribution < 1.29 is 4.79 Å². The van der Waals surface area contributed by atoms with Gasteiger partial charge in [0, 0.05) is 15.6 Å². The van der Waals surface area contributed by atoms with Gasteiger partial charge in [-0.25, -0.2) is 0 Å². The summed E-state index contributed by atoms with van der Waals surface area (Å²) in [4.78, 5) is 11.7. The number of carbonyl (C=O) groups is 1. The summed E-state index contributed by atoms with van der Waals surface area (Å²) in [6.07, 6.45) is 2.08. The number of hydrogen-bond acceptors (Lipinski definition) is 1. The lowest BCUT2D eigenvalue weighted by Crippen LogP contribution is -2.09. The van der Waals surface area contributed by atoms with Gasteiger partial charge in [-0.3, -0.25) is 4.79 Å². The van der Waals surface area contributed by atoms with Gasteiger partial charge in [0.25, 0.3) is 0 Å². The van der Waals surface area contributed by atoms with Crippen molar-refractivity contribution in [1.82, 2.24) is 0 Å². The summed E-state index contributed by atoms with van der Waals surface area (Å²) in [5.74, 6) is 0.0690. The van der Waals surface area contributed by atoms with Crippen molar-refractivity contribution in [3.05, 3.63) is 80.8 Å². The first-order chi connectivity index (χ1) is 13.4. The number of ketones is 1.